The number of quaternary nitrogens is 1. The molecule has 0 aromatic carbocycles. The van der Waals surface area contributed by atoms with E-state index >= 15 is 0 Å². The zero-order valence-corrected chi connectivity index (χ0v) is 42.0. The summed E-state index contributed by atoms with van der Waals surface area (Å²) in [7, 11) is 0.531. The van der Waals surface area contributed by atoms with Crippen LogP contribution >= 0.6 is 7.82 Å². The molecule has 34 heteroatoms. The van der Waals surface area contributed by atoms with Gasteiger partial charge in [0.25, 0.3) is 7.82 Å². The molecule has 0 heterocycles. The number of phosphoric ester groups is 1. The minimum atomic E-state index is -8.68. The number of halogens is 26. The van der Waals surface area contributed by atoms with Crippen molar-refractivity contribution in [2.45, 2.75) is 206 Å². The number of ether oxygens (including phenoxy) is 2. The number of rotatable bonds is 42. The number of hydrogen-bond acceptors (Lipinski definition) is 6. The van der Waals surface area contributed by atoms with Crippen LogP contribution in [0.15, 0.2) is 0 Å². The molecular formula is C42H62F26NO6P. The van der Waals surface area contributed by atoms with Crippen LogP contribution in [0.2, 0.25) is 0 Å². The quantitative estimate of drug-likeness (QED) is 0.0262. The Morgan fingerprint density at radius 2 is 0.658 bits per heavy atom. The van der Waals surface area contributed by atoms with Crippen molar-refractivity contribution in [3.05, 3.63) is 0 Å². The lowest BCUT2D eigenvalue weighted by molar-refractivity contribution is -0.870. The molecule has 2 unspecified atom stereocenters. The van der Waals surface area contributed by atoms with Gasteiger partial charge in [-0.1, -0.05) is 89.9 Å². The number of alkyl halides is 26. The van der Waals surface area contributed by atoms with Gasteiger partial charge in [-0.05, 0) is 25.7 Å². The molecule has 0 spiro atoms. The van der Waals surface area contributed by atoms with E-state index < -0.39 is 124 Å². The molecular weight excluding hydrogens is 1140 g/mol. The van der Waals surface area contributed by atoms with Gasteiger partial charge in [0.2, 0.25) is 0 Å². The van der Waals surface area contributed by atoms with Crippen LogP contribution in [0.3, 0.4) is 0 Å². The van der Waals surface area contributed by atoms with Crippen molar-refractivity contribution in [3.63, 3.8) is 0 Å². The lowest BCUT2D eigenvalue weighted by Crippen LogP contribution is -2.74. The Kier molecular flexibility index (Phi) is 28.0. The van der Waals surface area contributed by atoms with Crippen LogP contribution in [0.5, 0.6) is 0 Å². The third kappa shape index (κ3) is 20.0. The lowest BCUT2D eigenvalue weighted by atomic mass is 9.87. The van der Waals surface area contributed by atoms with Crippen LogP contribution < -0.4 is 4.89 Å². The molecule has 0 N–H and O–H groups in total. The number of likely N-dealkylation sites (N-methyl/N-ethyl adjacent to an activating group) is 1. The molecule has 76 heavy (non-hydrogen) atoms. The molecule has 0 saturated heterocycles. The number of unbranched alkanes of at least 4 members (excludes halogenated alkanes) is 16. The molecule has 2 atom stereocenters. The van der Waals surface area contributed by atoms with E-state index in [1.54, 1.807) is 21.1 Å². The Balaban J connectivity index is 4.88. The van der Waals surface area contributed by atoms with Crippen molar-refractivity contribution in [2.24, 2.45) is 0 Å². The highest BCUT2D eigenvalue weighted by Gasteiger charge is 2.95. The summed E-state index contributed by atoms with van der Waals surface area (Å²) in [4.78, 5) is 12.3. The van der Waals surface area contributed by atoms with Gasteiger partial charge >= 0.3 is 71.6 Å². The highest BCUT2D eigenvalue weighted by Crippen LogP contribution is 2.64. The summed E-state index contributed by atoms with van der Waals surface area (Å²) in [6.45, 7) is -0.386. The van der Waals surface area contributed by atoms with Crippen molar-refractivity contribution in [1.82, 2.24) is 0 Å². The molecule has 458 valence electrons. The van der Waals surface area contributed by atoms with Crippen molar-refractivity contribution in [1.29, 1.82) is 0 Å². The van der Waals surface area contributed by atoms with Gasteiger partial charge < -0.3 is 27.9 Å². The van der Waals surface area contributed by atoms with Crippen LogP contribution in [0, 0.1) is 0 Å². The highest BCUT2D eigenvalue weighted by atomic mass is 31.2. The molecule has 0 aromatic heterocycles. The second-order valence-electron chi connectivity index (χ2n) is 19.0. The number of hydrogen-bond donors (Lipinski definition) is 0. The minimum Gasteiger partial charge on any atom is -0.756 e. The molecule has 0 bridgehead atoms. The second-order valence-corrected chi connectivity index (χ2v) is 20.4. The zero-order chi connectivity index (χ0) is 59.8. The topological polar surface area (TPSA) is 77.1 Å². The summed E-state index contributed by atoms with van der Waals surface area (Å²) in [6, 6.07) is 0. The smallest absolute Gasteiger partial charge is 0.460 e. The van der Waals surface area contributed by atoms with E-state index in [9.17, 15) is 124 Å². The largest absolute Gasteiger partial charge is 0.756 e. The summed E-state index contributed by atoms with van der Waals surface area (Å²) in [5.41, 5.74) is 0. The van der Waals surface area contributed by atoms with E-state index in [0.29, 0.717) is 81.7 Å². The Hall–Kier alpha value is -1.83. The lowest BCUT2D eigenvalue weighted by Gasteiger charge is -2.42. The first-order chi connectivity index (χ1) is 34.0. The van der Waals surface area contributed by atoms with Crippen molar-refractivity contribution in [3.8, 4) is 0 Å². The second kappa shape index (κ2) is 28.7. The van der Waals surface area contributed by atoms with Gasteiger partial charge in [-0.15, -0.1) is 0 Å². The maximum absolute atomic E-state index is 14.2. The molecule has 0 aliphatic heterocycles. The first kappa shape index (κ1) is 74.2. The summed E-state index contributed by atoms with van der Waals surface area (Å²) in [5, 5.41) is 0. The fourth-order valence-corrected chi connectivity index (χ4v) is 7.37. The van der Waals surface area contributed by atoms with E-state index in [-0.39, 0.29) is 52.1 Å². The molecule has 0 fully saturated rings. The van der Waals surface area contributed by atoms with Crippen LogP contribution in [-0.2, 0) is 23.1 Å². The minimum absolute atomic E-state index is 0.0374. The van der Waals surface area contributed by atoms with Gasteiger partial charge in [-0.2, -0.15) is 114 Å². The van der Waals surface area contributed by atoms with Gasteiger partial charge in [0.15, 0.2) is 0 Å². The van der Waals surface area contributed by atoms with Gasteiger partial charge in [0.1, 0.15) is 19.3 Å². The Morgan fingerprint density at radius 3 is 1.01 bits per heavy atom. The van der Waals surface area contributed by atoms with Crippen molar-refractivity contribution >= 4 is 7.82 Å². The average Bonchev–Trinajstić information content (AvgIpc) is 3.25. The Bertz CT molecular complexity index is 1710. The summed E-state index contributed by atoms with van der Waals surface area (Å²) >= 11 is 0. The molecule has 0 aromatic rings. The molecule has 0 saturated carbocycles. The maximum Gasteiger partial charge on any atom is 0.460 e. The van der Waals surface area contributed by atoms with E-state index in [0.717, 1.165) is 0 Å². The first-order valence-corrected chi connectivity index (χ1v) is 25.0. The molecule has 0 aliphatic rings. The number of phosphoric acid groups is 1. The predicted molar refractivity (Wildman–Crippen MR) is 217 cm³/mol. The zero-order valence-electron chi connectivity index (χ0n) is 41.1. The first-order valence-electron chi connectivity index (χ1n) is 23.5. The molecule has 7 nitrogen and oxygen atoms in total. The fraction of sp³-hybridized carbons (Fsp3) is 1.00. The third-order valence-electron chi connectivity index (χ3n) is 11.5. The van der Waals surface area contributed by atoms with Gasteiger partial charge in [0.05, 0.1) is 34.4 Å². The van der Waals surface area contributed by atoms with Crippen molar-refractivity contribution in [2.75, 3.05) is 60.7 Å². The fourth-order valence-electron chi connectivity index (χ4n) is 6.64. The maximum atomic E-state index is 14.2. The predicted octanol–water partition coefficient (Wildman–Crippen LogP) is 15.9. The molecule has 0 rings (SSSR count). The van der Waals surface area contributed by atoms with Gasteiger partial charge in [-0.25, -0.2) is 0 Å². The van der Waals surface area contributed by atoms with Gasteiger partial charge in [-0.3, -0.25) is 4.57 Å². The third-order valence-corrected chi connectivity index (χ3v) is 12.5. The Morgan fingerprint density at radius 1 is 0.368 bits per heavy atom. The van der Waals surface area contributed by atoms with E-state index in [2.05, 4.69) is 0 Å². The van der Waals surface area contributed by atoms with E-state index in [1.807, 2.05) is 0 Å². The summed E-state index contributed by atoms with van der Waals surface area (Å²) in [6.07, 6.45) is -16.8. The summed E-state index contributed by atoms with van der Waals surface area (Å²) < 4.78 is 380. The highest BCUT2D eigenvalue weighted by molar-refractivity contribution is 7.45. The summed E-state index contributed by atoms with van der Waals surface area (Å²) in [5.74, 6) is -75.7. The molecule has 0 radical (unpaired) electrons. The van der Waals surface area contributed by atoms with Crippen LogP contribution in [-0.4, -0.2) is 143 Å². The van der Waals surface area contributed by atoms with E-state index in [4.69, 9.17) is 18.5 Å². The number of nitrogens with zero attached hydrogens (tertiary/aromatic N) is 1. The normalized spacial score (nSPS) is 16.1. The SMILES string of the molecule is C[N+](C)(C)CCOP(=O)([O-])OCC(COCCCCCCCCCCCC(F)(F)C(F)(F)C(F)(F)C(F)(F)F)OCCCCCCCCCCCC(F)(F)C(F)(F)C(F)(F)C(F)(F)C(F)(F)C(F)(F)C(F)(F)C(F)(F)F. The van der Waals surface area contributed by atoms with Crippen LogP contribution in [0.4, 0.5) is 114 Å². The molecule has 0 aliphatic carbocycles. The Labute approximate surface area is 421 Å². The van der Waals surface area contributed by atoms with Crippen LogP contribution in [0.25, 0.3) is 0 Å². The van der Waals surface area contributed by atoms with Crippen LogP contribution in [0.1, 0.15) is 128 Å². The molecule has 0 amide bonds. The van der Waals surface area contributed by atoms with Crippen molar-refractivity contribution < 1.29 is 147 Å². The monoisotopic (exact) mass is 1200 g/mol. The van der Waals surface area contributed by atoms with Gasteiger partial charge in [0, 0.05) is 26.1 Å². The average molecular weight is 1200 g/mol. The standard InChI is InChI=1S/C42H62F26NO6P/c1-69(2,3)24-27-74-76(70,71)75-29-30(28-72-25-20-16-12-8-4-6-11-15-19-23-32(45,46)34(49,50)39(59,60)41(63,64)65)73-26-21-17-13-9-5-7-10-14-18-22-31(43,44)33(47,48)35(51,52)36(53,54)37(55,56)38(57,58)40(61,62)42(66,67)68/h30H,4-29H2,1-3H3. The van der Waals surface area contributed by atoms with E-state index in [1.165, 1.54) is 0 Å².